The van der Waals surface area contributed by atoms with Gasteiger partial charge in [-0.25, -0.2) is 0 Å². The molecule has 2 nitrogen and oxygen atoms in total. The maximum Gasteiger partial charge on any atom is 0.0749 e. The second-order valence-corrected chi connectivity index (χ2v) is 6.05. The number of nitrogens with zero attached hydrogens (tertiary/aromatic N) is 1. The summed E-state index contributed by atoms with van der Waals surface area (Å²) in [5.74, 6) is 1.58. The first kappa shape index (κ1) is 13.6. The highest BCUT2D eigenvalue weighted by Gasteiger charge is 2.34. The quantitative estimate of drug-likeness (QED) is 0.844. The molecule has 1 aromatic carbocycles. The Hall–Kier alpha value is -1.41. The molecule has 0 spiro atoms. The van der Waals surface area contributed by atoms with Gasteiger partial charge in [0.2, 0.25) is 0 Å². The lowest BCUT2D eigenvalue weighted by molar-refractivity contribution is 0.351. The van der Waals surface area contributed by atoms with E-state index in [0.717, 1.165) is 18.0 Å². The van der Waals surface area contributed by atoms with Crippen LogP contribution in [0.1, 0.15) is 44.7 Å². The van der Waals surface area contributed by atoms with Crippen molar-refractivity contribution in [3.05, 3.63) is 42.1 Å². The number of hydrogen-bond donors (Lipinski definition) is 1. The molecule has 1 aliphatic rings. The highest BCUT2D eigenvalue weighted by atomic mass is 14.9. The summed E-state index contributed by atoms with van der Waals surface area (Å²) in [4.78, 5) is 4.63. The number of hydrogen-bond acceptors (Lipinski definition) is 2. The fourth-order valence-electron chi connectivity index (χ4n) is 3.15. The zero-order valence-electron chi connectivity index (χ0n) is 12.5. The Bertz CT molecular complexity index is 569. The van der Waals surface area contributed by atoms with Crippen molar-refractivity contribution in [1.82, 2.24) is 10.3 Å². The third kappa shape index (κ3) is 2.71. The van der Waals surface area contributed by atoms with E-state index in [1.54, 1.807) is 0 Å². The van der Waals surface area contributed by atoms with Crippen molar-refractivity contribution >= 4 is 10.9 Å². The highest BCUT2D eigenvalue weighted by Crippen LogP contribution is 2.43. The molecule has 106 valence electrons. The summed E-state index contributed by atoms with van der Waals surface area (Å²) >= 11 is 0. The summed E-state index contributed by atoms with van der Waals surface area (Å²) in [6.07, 6.45) is 5.86. The normalized spacial score (nSPS) is 18.1. The lowest BCUT2D eigenvalue weighted by Gasteiger charge is -2.26. The van der Waals surface area contributed by atoms with Gasteiger partial charge in [0.1, 0.15) is 0 Å². The second kappa shape index (κ2) is 5.92. The molecule has 0 aliphatic heterocycles. The Morgan fingerprint density at radius 2 is 2.05 bits per heavy atom. The van der Waals surface area contributed by atoms with Gasteiger partial charge in [-0.05, 0) is 49.3 Å². The Balaban J connectivity index is 1.98. The van der Waals surface area contributed by atoms with Crippen LogP contribution in [0.2, 0.25) is 0 Å². The van der Waals surface area contributed by atoms with Crippen LogP contribution in [0, 0.1) is 11.8 Å². The molecular formula is C18H24N2. The zero-order valence-corrected chi connectivity index (χ0v) is 12.5. The van der Waals surface area contributed by atoms with Gasteiger partial charge in [0.15, 0.2) is 0 Å². The van der Waals surface area contributed by atoms with Crippen LogP contribution in [-0.2, 0) is 0 Å². The van der Waals surface area contributed by atoms with Gasteiger partial charge in [0.25, 0.3) is 0 Å². The molecule has 2 atom stereocenters. The molecule has 2 unspecified atom stereocenters. The van der Waals surface area contributed by atoms with Gasteiger partial charge < -0.3 is 5.32 Å². The van der Waals surface area contributed by atoms with E-state index < -0.39 is 0 Å². The average Bonchev–Trinajstić information content (AvgIpc) is 3.32. The monoisotopic (exact) mass is 268 g/mol. The molecule has 1 fully saturated rings. The Labute approximate surface area is 121 Å². The molecular weight excluding hydrogens is 244 g/mol. The number of pyridine rings is 1. The van der Waals surface area contributed by atoms with E-state index in [0.29, 0.717) is 12.0 Å². The SMILES string of the molecule is CCCNC(c1cccc2cccnc12)C(C)C1CC1. The molecule has 1 aromatic heterocycles. The topological polar surface area (TPSA) is 24.9 Å². The minimum Gasteiger partial charge on any atom is -0.310 e. The molecule has 0 bridgehead atoms. The third-order valence-corrected chi connectivity index (χ3v) is 4.50. The standard InChI is InChI=1S/C18H24N2/c1-3-11-19-17(13(2)14-9-10-14)16-8-4-6-15-7-5-12-20-18(15)16/h4-8,12-14,17,19H,3,9-11H2,1-2H3. The van der Waals surface area contributed by atoms with Crippen LogP contribution >= 0.6 is 0 Å². The zero-order chi connectivity index (χ0) is 13.9. The number of para-hydroxylation sites is 1. The van der Waals surface area contributed by atoms with E-state index in [1.807, 2.05) is 12.3 Å². The van der Waals surface area contributed by atoms with Crippen LogP contribution in [0.4, 0.5) is 0 Å². The number of benzene rings is 1. The maximum atomic E-state index is 4.63. The maximum absolute atomic E-state index is 4.63. The minimum atomic E-state index is 0.432. The number of aromatic nitrogens is 1. The predicted octanol–water partition coefficient (Wildman–Crippen LogP) is 4.32. The van der Waals surface area contributed by atoms with Gasteiger partial charge in [-0.1, -0.05) is 38.1 Å². The molecule has 1 aliphatic carbocycles. The van der Waals surface area contributed by atoms with Crippen molar-refractivity contribution in [3.63, 3.8) is 0 Å². The fraction of sp³-hybridized carbons (Fsp3) is 0.500. The molecule has 1 saturated carbocycles. The Morgan fingerprint density at radius 1 is 1.25 bits per heavy atom. The molecule has 0 saturated heterocycles. The lowest BCUT2D eigenvalue weighted by Crippen LogP contribution is -2.29. The van der Waals surface area contributed by atoms with Gasteiger partial charge in [0, 0.05) is 17.6 Å². The molecule has 1 N–H and O–H groups in total. The summed E-state index contributed by atoms with van der Waals surface area (Å²) in [7, 11) is 0. The third-order valence-electron chi connectivity index (χ3n) is 4.50. The highest BCUT2D eigenvalue weighted by molar-refractivity contribution is 5.82. The summed E-state index contributed by atoms with van der Waals surface area (Å²) in [6, 6.07) is 11.2. The van der Waals surface area contributed by atoms with Gasteiger partial charge in [-0.15, -0.1) is 0 Å². The van der Waals surface area contributed by atoms with Crippen molar-refractivity contribution < 1.29 is 0 Å². The van der Waals surface area contributed by atoms with E-state index in [9.17, 15) is 0 Å². The van der Waals surface area contributed by atoms with E-state index >= 15 is 0 Å². The van der Waals surface area contributed by atoms with E-state index in [-0.39, 0.29) is 0 Å². The van der Waals surface area contributed by atoms with Gasteiger partial charge >= 0.3 is 0 Å². The van der Waals surface area contributed by atoms with E-state index in [4.69, 9.17) is 0 Å². The molecule has 1 heterocycles. The Morgan fingerprint density at radius 3 is 2.80 bits per heavy atom. The first-order valence-corrected chi connectivity index (χ1v) is 7.88. The Kier molecular flexibility index (Phi) is 4.02. The molecule has 20 heavy (non-hydrogen) atoms. The second-order valence-electron chi connectivity index (χ2n) is 6.05. The molecule has 0 amide bonds. The molecule has 0 radical (unpaired) electrons. The summed E-state index contributed by atoms with van der Waals surface area (Å²) < 4.78 is 0. The van der Waals surface area contributed by atoms with Crippen molar-refractivity contribution in [2.75, 3.05) is 6.54 Å². The summed E-state index contributed by atoms with van der Waals surface area (Å²) in [5.41, 5.74) is 2.53. The summed E-state index contributed by atoms with van der Waals surface area (Å²) in [5, 5.41) is 5.01. The van der Waals surface area contributed by atoms with Crippen molar-refractivity contribution in [3.8, 4) is 0 Å². The predicted molar refractivity (Wildman–Crippen MR) is 84.7 cm³/mol. The van der Waals surface area contributed by atoms with Gasteiger partial charge in [-0.3, -0.25) is 4.98 Å². The van der Waals surface area contributed by atoms with Crippen molar-refractivity contribution in [2.45, 2.75) is 39.2 Å². The van der Waals surface area contributed by atoms with Crippen LogP contribution in [0.25, 0.3) is 10.9 Å². The number of nitrogens with one attached hydrogen (secondary N) is 1. The fourth-order valence-corrected chi connectivity index (χ4v) is 3.15. The molecule has 3 rings (SSSR count). The van der Waals surface area contributed by atoms with Crippen LogP contribution < -0.4 is 5.32 Å². The minimum absolute atomic E-state index is 0.432. The first-order chi connectivity index (χ1) is 9.81. The number of rotatable bonds is 6. The first-order valence-electron chi connectivity index (χ1n) is 7.88. The van der Waals surface area contributed by atoms with Gasteiger partial charge in [0.05, 0.1) is 5.52 Å². The van der Waals surface area contributed by atoms with E-state index in [2.05, 4.69) is 48.4 Å². The van der Waals surface area contributed by atoms with Crippen molar-refractivity contribution in [1.29, 1.82) is 0 Å². The van der Waals surface area contributed by atoms with Crippen LogP contribution in [0.15, 0.2) is 36.5 Å². The number of fused-ring (bicyclic) bond motifs is 1. The smallest absolute Gasteiger partial charge is 0.0749 e. The van der Waals surface area contributed by atoms with Crippen LogP contribution in [-0.4, -0.2) is 11.5 Å². The van der Waals surface area contributed by atoms with Gasteiger partial charge in [-0.2, -0.15) is 0 Å². The molecule has 2 heteroatoms. The van der Waals surface area contributed by atoms with E-state index in [1.165, 1.54) is 30.2 Å². The van der Waals surface area contributed by atoms with Crippen LogP contribution in [0.5, 0.6) is 0 Å². The van der Waals surface area contributed by atoms with Crippen molar-refractivity contribution in [2.24, 2.45) is 11.8 Å². The largest absolute Gasteiger partial charge is 0.310 e. The van der Waals surface area contributed by atoms with Crippen LogP contribution in [0.3, 0.4) is 0 Å². The average molecular weight is 268 g/mol. The summed E-state index contributed by atoms with van der Waals surface area (Å²) in [6.45, 7) is 5.70. The molecule has 2 aromatic rings. The lowest BCUT2D eigenvalue weighted by atomic mass is 9.89.